The van der Waals surface area contributed by atoms with Crippen LogP contribution in [0.25, 0.3) is 0 Å². The molecular weight excluding hydrogens is 371 g/mol. The van der Waals surface area contributed by atoms with E-state index in [1.807, 2.05) is 15.9 Å². The van der Waals surface area contributed by atoms with Crippen LogP contribution in [0.3, 0.4) is 0 Å². The van der Waals surface area contributed by atoms with Gasteiger partial charge in [0.15, 0.2) is 0 Å². The maximum absolute atomic E-state index is 14.0. The third-order valence-electron chi connectivity index (χ3n) is 5.59. The average Bonchev–Trinajstić information content (AvgIpc) is 2.79. The molecule has 152 valence electrons. The number of para-hydroxylation sites is 1. The quantitative estimate of drug-likeness (QED) is 0.801. The number of amides is 2. The molecule has 2 saturated heterocycles. The Morgan fingerprint density at radius 2 is 1.31 bits per heavy atom. The summed E-state index contributed by atoms with van der Waals surface area (Å²) in [6.45, 7) is 3.57. The SMILES string of the molecule is O=C(c1cccc(C(=O)N2CCN(c3ccccc3F)CC2)n1)N1CCCCC1. The molecule has 0 aliphatic carbocycles. The summed E-state index contributed by atoms with van der Waals surface area (Å²) in [4.78, 5) is 35.4. The molecule has 2 aliphatic heterocycles. The molecule has 2 fully saturated rings. The van der Waals surface area contributed by atoms with E-state index in [1.165, 1.54) is 6.07 Å². The molecule has 0 atom stereocenters. The second-order valence-electron chi connectivity index (χ2n) is 7.49. The molecule has 0 unspecified atom stereocenters. The molecule has 2 aliphatic rings. The third kappa shape index (κ3) is 4.23. The second kappa shape index (κ2) is 8.59. The van der Waals surface area contributed by atoms with Crippen LogP contribution >= 0.6 is 0 Å². The van der Waals surface area contributed by atoms with Gasteiger partial charge in [0.25, 0.3) is 11.8 Å². The highest BCUT2D eigenvalue weighted by Crippen LogP contribution is 2.21. The number of carbonyl (C=O) groups is 2. The van der Waals surface area contributed by atoms with E-state index in [0.717, 1.165) is 32.4 Å². The number of hydrogen-bond donors (Lipinski definition) is 0. The Morgan fingerprint density at radius 3 is 1.93 bits per heavy atom. The minimum Gasteiger partial charge on any atom is -0.366 e. The summed E-state index contributed by atoms with van der Waals surface area (Å²) in [5, 5.41) is 0. The Morgan fingerprint density at radius 1 is 0.724 bits per heavy atom. The van der Waals surface area contributed by atoms with E-state index in [-0.39, 0.29) is 23.3 Å². The maximum atomic E-state index is 14.0. The fourth-order valence-corrected chi connectivity index (χ4v) is 3.95. The Bertz CT molecular complexity index is 890. The van der Waals surface area contributed by atoms with E-state index >= 15 is 0 Å². The van der Waals surface area contributed by atoms with Crippen molar-refractivity contribution in [3.8, 4) is 0 Å². The van der Waals surface area contributed by atoms with Crippen LogP contribution in [-0.2, 0) is 0 Å². The molecule has 0 N–H and O–H groups in total. The number of likely N-dealkylation sites (tertiary alicyclic amines) is 1. The van der Waals surface area contributed by atoms with Crippen LogP contribution in [-0.4, -0.2) is 65.9 Å². The van der Waals surface area contributed by atoms with Crippen LogP contribution in [0.2, 0.25) is 0 Å². The molecule has 1 aromatic carbocycles. The standard InChI is InChI=1S/C22H25FN4O2/c23-17-7-2-3-10-20(17)25-13-15-27(16-14-25)22(29)19-9-6-8-18(24-19)21(28)26-11-4-1-5-12-26/h2-3,6-10H,1,4-5,11-16H2. The average molecular weight is 396 g/mol. The lowest BCUT2D eigenvalue weighted by Crippen LogP contribution is -2.49. The van der Waals surface area contributed by atoms with Gasteiger partial charge in [-0.25, -0.2) is 9.37 Å². The summed E-state index contributed by atoms with van der Waals surface area (Å²) in [5.41, 5.74) is 1.17. The summed E-state index contributed by atoms with van der Waals surface area (Å²) in [6.07, 6.45) is 3.17. The summed E-state index contributed by atoms with van der Waals surface area (Å²) in [7, 11) is 0. The Balaban J connectivity index is 1.41. The zero-order valence-corrected chi connectivity index (χ0v) is 16.4. The fourth-order valence-electron chi connectivity index (χ4n) is 3.95. The van der Waals surface area contributed by atoms with Crippen LogP contribution < -0.4 is 4.90 Å². The van der Waals surface area contributed by atoms with Crippen molar-refractivity contribution in [1.29, 1.82) is 0 Å². The van der Waals surface area contributed by atoms with Gasteiger partial charge in [0, 0.05) is 39.3 Å². The van der Waals surface area contributed by atoms with Gasteiger partial charge in [-0.05, 0) is 43.5 Å². The predicted octanol–water partition coefficient (Wildman–Crippen LogP) is 2.81. The minimum absolute atomic E-state index is 0.108. The van der Waals surface area contributed by atoms with Gasteiger partial charge in [0.05, 0.1) is 5.69 Å². The van der Waals surface area contributed by atoms with Crippen LogP contribution in [0.1, 0.15) is 40.2 Å². The van der Waals surface area contributed by atoms with Crippen molar-refractivity contribution in [3.63, 3.8) is 0 Å². The fraction of sp³-hybridized carbons (Fsp3) is 0.409. The third-order valence-corrected chi connectivity index (χ3v) is 5.59. The van der Waals surface area contributed by atoms with Crippen molar-refractivity contribution in [2.24, 2.45) is 0 Å². The number of aromatic nitrogens is 1. The van der Waals surface area contributed by atoms with Crippen molar-refractivity contribution >= 4 is 17.5 Å². The van der Waals surface area contributed by atoms with Crippen LogP contribution in [0, 0.1) is 5.82 Å². The lowest BCUT2D eigenvalue weighted by atomic mass is 10.1. The zero-order chi connectivity index (χ0) is 20.2. The number of piperidine rings is 1. The molecule has 1 aromatic heterocycles. The van der Waals surface area contributed by atoms with Gasteiger partial charge < -0.3 is 14.7 Å². The molecular formula is C22H25FN4O2. The number of piperazine rings is 1. The highest BCUT2D eigenvalue weighted by molar-refractivity contribution is 5.96. The normalized spacial score (nSPS) is 17.3. The van der Waals surface area contributed by atoms with E-state index in [0.29, 0.717) is 37.6 Å². The van der Waals surface area contributed by atoms with Crippen LogP contribution in [0.5, 0.6) is 0 Å². The minimum atomic E-state index is -0.252. The number of nitrogens with zero attached hydrogens (tertiary/aromatic N) is 4. The Hall–Kier alpha value is -2.96. The molecule has 7 heteroatoms. The first-order chi connectivity index (χ1) is 14.1. The molecule has 0 saturated carbocycles. The first-order valence-corrected chi connectivity index (χ1v) is 10.2. The van der Waals surface area contributed by atoms with Crippen molar-refractivity contribution < 1.29 is 14.0 Å². The van der Waals surface area contributed by atoms with E-state index in [9.17, 15) is 14.0 Å². The monoisotopic (exact) mass is 396 g/mol. The Kier molecular flexibility index (Phi) is 5.74. The lowest BCUT2D eigenvalue weighted by molar-refractivity contribution is 0.0716. The number of pyridine rings is 1. The van der Waals surface area contributed by atoms with Gasteiger partial charge in [-0.3, -0.25) is 9.59 Å². The van der Waals surface area contributed by atoms with Crippen molar-refractivity contribution in [2.75, 3.05) is 44.2 Å². The molecule has 29 heavy (non-hydrogen) atoms. The predicted molar refractivity (Wildman–Crippen MR) is 109 cm³/mol. The smallest absolute Gasteiger partial charge is 0.272 e. The van der Waals surface area contributed by atoms with Gasteiger partial charge in [-0.15, -0.1) is 0 Å². The highest BCUT2D eigenvalue weighted by atomic mass is 19.1. The largest absolute Gasteiger partial charge is 0.366 e. The zero-order valence-electron chi connectivity index (χ0n) is 16.4. The van der Waals surface area contributed by atoms with Gasteiger partial charge in [-0.1, -0.05) is 18.2 Å². The lowest BCUT2D eigenvalue weighted by Gasteiger charge is -2.36. The number of anilines is 1. The molecule has 6 nitrogen and oxygen atoms in total. The topological polar surface area (TPSA) is 56.8 Å². The van der Waals surface area contributed by atoms with Gasteiger partial charge in [0.2, 0.25) is 0 Å². The summed E-state index contributed by atoms with van der Waals surface area (Å²) in [6, 6.07) is 11.7. The Labute approximate surface area is 169 Å². The van der Waals surface area contributed by atoms with Gasteiger partial charge in [0.1, 0.15) is 17.2 Å². The summed E-state index contributed by atoms with van der Waals surface area (Å²) in [5.74, 6) is -0.548. The molecule has 4 rings (SSSR count). The first kappa shape index (κ1) is 19.4. The van der Waals surface area contributed by atoms with Crippen molar-refractivity contribution in [1.82, 2.24) is 14.8 Å². The van der Waals surface area contributed by atoms with E-state index < -0.39 is 0 Å². The molecule has 0 bridgehead atoms. The van der Waals surface area contributed by atoms with Crippen LogP contribution in [0.15, 0.2) is 42.5 Å². The van der Waals surface area contributed by atoms with E-state index in [1.54, 1.807) is 35.2 Å². The summed E-state index contributed by atoms with van der Waals surface area (Å²) >= 11 is 0. The molecule has 2 aromatic rings. The molecule has 2 amide bonds. The second-order valence-corrected chi connectivity index (χ2v) is 7.49. The van der Waals surface area contributed by atoms with E-state index in [4.69, 9.17) is 0 Å². The van der Waals surface area contributed by atoms with Crippen molar-refractivity contribution in [3.05, 3.63) is 59.7 Å². The number of benzene rings is 1. The van der Waals surface area contributed by atoms with Gasteiger partial charge >= 0.3 is 0 Å². The maximum Gasteiger partial charge on any atom is 0.272 e. The molecule has 0 radical (unpaired) electrons. The molecule has 3 heterocycles. The van der Waals surface area contributed by atoms with Gasteiger partial charge in [-0.2, -0.15) is 0 Å². The van der Waals surface area contributed by atoms with E-state index in [2.05, 4.69) is 4.98 Å². The van der Waals surface area contributed by atoms with Crippen LogP contribution in [0.4, 0.5) is 10.1 Å². The first-order valence-electron chi connectivity index (χ1n) is 10.2. The number of hydrogen-bond acceptors (Lipinski definition) is 4. The number of halogens is 1. The number of carbonyl (C=O) groups excluding carboxylic acids is 2. The molecule has 0 spiro atoms. The van der Waals surface area contributed by atoms with Crippen molar-refractivity contribution in [2.45, 2.75) is 19.3 Å². The highest BCUT2D eigenvalue weighted by Gasteiger charge is 2.26. The number of rotatable bonds is 3. The summed E-state index contributed by atoms with van der Waals surface area (Å²) < 4.78 is 14.0.